The topological polar surface area (TPSA) is 63.2 Å². The van der Waals surface area contributed by atoms with Gasteiger partial charge in [0.1, 0.15) is 4.90 Å². The van der Waals surface area contributed by atoms with Crippen LogP contribution in [0.25, 0.3) is 0 Å². The smallest absolute Gasteiger partial charge is 0.265 e. The van der Waals surface area contributed by atoms with Gasteiger partial charge in [0.25, 0.3) is 10.0 Å². The Bertz CT molecular complexity index is 662. The van der Waals surface area contributed by atoms with E-state index in [1.165, 1.54) is 19.3 Å². The van der Waals surface area contributed by atoms with E-state index in [-0.39, 0.29) is 16.7 Å². The Labute approximate surface area is 133 Å². The van der Waals surface area contributed by atoms with Crippen LogP contribution in [0.2, 0.25) is 0 Å². The van der Waals surface area contributed by atoms with Crippen molar-refractivity contribution in [1.29, 1.82) is 0 Å². The van der Waals surface area contributed by atoms with Crippen LogP contribution in [0.1, 0.15) is 31.2 Å². The molecule has 21 heavy (non-hydrogen) atoms. The molecule has 114 valence electrons. The lowest BCUT2D eigenvalue weighted by Crippen LogP contribution is -2.33. The fourth-order valence-electron chi connectivity index (χ4n) is 3.12. The Morgan fingerprint density at radius 3 is 2.62 bits per heavy atom. The molecule has 2 aliphatic rings. The van der Waals surface area contributed by atoms with Gasteiger partial charge >= 0.3 is 0 Å². The maximum atomic E-state index is 12.4. The molecule has 3 rings (SSSR count). The number of rotatable bonds is 4. The summed E-state index contributed by atoms with van der Waals surface area (Å²) < 4.78 is 27.6. The SMILES string of the molecule is Cc1cccc(Br)c1S(=O)(=O)NC(=O)[C@@H]1C[C@H]1C1CCC1. The second-order valence-electron chi connectivity index (χ2n) is 6.05. The molecule has 4 nitrogen and oxygen atoms in total. The second-order valence-corrected chi connectivity index (χ2v) is 8.53. The van der Waals surface area contributed by atoms with Crippen LogP contribution in [0.15, 0.2) is 27.6 Å². The number of sulfonamides is 1. The number of nitrogens with one attached hydrogen (secondary N) is 1. The molecule has 0 unspecified atom stereocenters. The molecule has 0 aromatic heterocycles. The first-order chi connectivity index (χ1) is 9.90. The van der Waals surface area contributed by atoms with E-state index in [1.807, 2.05) is 0 Å². The van der Waals surface area contributed by atoms with E-state index < -0.39 is 10.0 Å². The molecule has 1 N–H and O–H groups in total. The maximum absolute atomic E-state index is 12.4. The highest BCUT2D eigenvalue weighted by atomic mass is 79.9. The number of amides is 1. The molecule has 0 spiro atoms. The molecule has 2 atom stereocenters. The molecule has 0 aliphatic heterocycles. The van der Waals surface area contributed by atoms with Crippen LogP contribution in [-0.4, -0.2) is 14.3 Å². The maximum Gasteiger partial charge on any atom is 0.265 e. The zero-order valence-electron chi connectivity index (χ0n) is 11.8. The molecular formula is C15H18BrNO3S. The van der Waals surface area contributed by atoms with Crippen LogP contribution in [0.5, 0.6) is 0 Å². The van der Waals surface area contributed by atoms with Gasteiger partial charge in [0.2, 0.25) is 5.91 Å². The minimum Gasteiger partial charge on any atom is -0.274 e. The summed E-state index contributed by atoms with van der Waals surface area (Å²) in [6, 6.07) is 5.16. The number of carbonyl (C=O) groups is 1. The largest absolute Gasteiger partial charge is 0.274 e. The van der Waals surface area contributed by atoms with Gasteiger partial charge in [-0.25, -0.2) is 13.1 Å². The normalized spacial score (nSPS) is 25.2. The summed E-state index contributed by atoms with van der Waals surface area (Å²) in [5, 5.41) is 0. The molecule has 0 saturated heterocycles. The van der Waals surface area contributed by atoms with E-state index >= 15 is 0 Å². The zero-order valence-corrected chi connectivity index (χ0v) is 14.2. The van der Waals surface area contributed by atoms with Gasteiger partial charge in [0, 0.05) is 10.4 Å². The Morgan fingerprint density at radius 2 is 2.05 bits per heavy atom. The first-order valence-corrected chi connectivity index (χ1v) is 9.49. The molecule has 0 heterocycles. The van der Waals surface area contributed by atoms with Crippen molar-refractivity contribution in [2.75, 3.05) is 0 Å². The summed E-state index contributed by atoms with van der Waals surface area (Å²) in [7, 11) is -3.81. The van der Waals surface area contributed by atoms with Crippen LogP contribution in [-0.2, 0) is 14.8 Å². The van der Waals surface area contributed by atoms with Gasteiger partial charge in [0.05, 0.1) is 0 Å². The van der Waals surface area contributed by atoms with Crippen molar-refractivity contribution in [2.45, 2.75) is 37.5 Å². The Morgan fingerprint density at radius 1 is 1.33 bits per heavy atom. The van der Waals surface area contributed by atoms with Crippen LogP contribution < -0.4 is 4.72 Å². The van der Waals surface area contributed by atoms with E-state index in [9.17, 15) is 13.2 Å². The lowest BCUT2D eigenvalue weighted by atomic mass is 9.81. The van der Waals surface area contributed by atoms with Crippen LogP contribution in [0.3, 0.4) is 0 Å². The minimum absolute atomic E-state index is 0.118. The molecule has 2 aliphatic carbocycles. The standard InChI is InChI=1S/C15H18BrNO3S/c1-9-4-2-7-13(16)14(9)21(19,20)17-15(18)12-8-11(12)10-5-3-6-10/h2,4,7,10-12H,3,5-6,8H2,1H3,(H,17,18)/t11-,12+/m0/s1. The van der Waals surface area contributed by atoms with Crippen LogP contribution in [0, 0.1) is 24.7 Å². The first-order valence-electron chi connectivity index (χ1n) is 7.22. The van der Waals surface area contributed by atoms with Crippen LogP contribution in [0.4, 0.5) is 0 Å². The monoisotopic (exact) mass is 371 g/mol. The van der Waals surface area contributed by atoms with Crippen molar-refractivity contribution in [2.24, 2.45) is 17.8 Å². The Kier molecular flexibility index (Phi) is 3.86. The number of hydrogen-bond donors (Lipinski definition) is 1. The Balaban J connectivity index is 1.73. The lowest BCUT2D eigenvalue weighted by Gasteiger charge is -2.25. The number of carbonyl (C=O) groups excluding carboxylic acids is 1. The van der Waals surface area contributed by atoms with Gasteiger partial charge < -0.3 is 0 Å². The fourth-order valence-corrected chi connectivity index (χ4v) is 5.56. The van der Waals surface area contributed by atoms with Gasteiger partial charge in [-0.3, -0.25) is 4.79 Å². The predicted octanol–water partition coefficient (Wildman–Crippen LogP) is 3.00. The highest BCUT2D eigenvalue weighted by Gasteiger charge is 2.49. The van der Waals surface area contributed by atoms with E-state index in [0.717, 1.165) is 6.42 Å². The zero-order chi connectivity index (χ0) is 15.2. The lowest BCUT2D eigenvalue weighted by molar-refractivity contribution is -0.121. The molecule has 2 fully saturated rings. The van der Waals surface area contributed by atoms with E-state index in [0.29, 0.717) is 21.9 Å². The first kappa shape index (κ1) is 15.0. The molecule has 1 aromatic carbocycles. The summed E-state index contributed by atoms with van der Waals surface area (Å²) in [5.41, 5.74) is 0.621. The number of halogens is 1. The molecular weight excluding hydrogens is 354 g/mol. The number of hydrogen-bond acceptors (Lipinski definition) is 3. The van der Waals surface area contributed by atoms with E-state index in [2.05, 4.69) is 20.7 Å². The molecule has 1 amide bonds. The van der Waals surface area contributed by atoms with E-state index in [4.69, 9.17) is 0 Å². The minimum atomic E-state index is -3.81. The third-order valence-corrected chi connectivity index (χ3v) is 7.07. The van der Waals surface area contributed by atoms with Gasteiger partial charge in [-0.05, 0) is 52.7 Å². The summed E-state index contributed by atoms with van der Waals surface area (Å²) in [4.78, 5) is 12.3. The van der Waals surface area contributed by atoms with Crippen molar-refractivity contribution >= 4 is 31.9 Å². The van der Waals surface area contributed by atoms with Gasteiger partial charge in [-0.2, -0.15) is 0 Å². The quantitative estimate of drug-likeness (QED) is 0.884. The average molecular weight is 372 g/mol. The van der Waals surface area contributed by atoms with Crippen molar-refractivity contribution in [3.8, 4) is 0 Å². The highest BCUT2D eigenvalue weighted by molar-refractivity contribution is 9.10. The Hall–Kier alpha value is -0.880. The average Bonchev–Trinajstić information content (AvgIpc) is 3.05. The third-order valence-electron chi connectivity index (χ3n) is 4.60. The molecule has 0 bridgehead atoms. The molecule has 6 heteroatoms. The summed E-state index contributed by atoms with van der Waals surface area (Å²) in [6.45, 7) is 1.72. The molecule has 0 radical (unpaired) electrons. The number of aryl methyl sites for hydroxylation is 1. The van der Waals surface area contributed by atoms with Crippen molar-refractivity contribution in [3.63, 3.8) is 0 Å². The van der Waals surface area contributed by atoms with E-state index in [1.54, 1.807) is 25.1 Å². The van der Waals surface area contributed by atoms with Crippen LogP contribution >= 0.6 is 15.9 Å². The summed E-state index contributed by atoms with van der Waals surface area (Å²) >= 11 is 3.25. The second kappa shape index (κ2) is 5.39. The van der Waals surface area contributed by atoms with Crippen molar-refractivity contribution in [1.82, 2.24) is 4.72 Å². The molecule has 2 saturated carbocycles. The third kappa shape index (κ3) is 2.88. The summed E-state index contributed by atoms with van der Waals surface area (Å²) in [6.07, 6.45) is 4.44. The highest BCUT2D eigenvalue weighted by Crippen LogP contribution is 2.51. The van der Waals surface area contributed by atoms with Gasteiger partial charge in [0.15, 0.2) is 0 Å². The fraction of sp³-hybridized carbons (Fsp3) is 0.533. The van der Waals surface area contributed by atoms with Crippen molar-refractivity contribution < 1.29 is 13.2 Å². The number of benzene rings is 1. The summed E-state index contributed by atoms with van der Waals surface area (Å²) in [5.74, 6) is 0.567. The molecule has 1 aromatic rings. The van der Waals surface area contributed by atoms with Gasteiger partial charge in [-0.1, -0.05) is 31.4 Å². The van der Waals surface area contributed by atoms with Crippen molar-refractivity contribution in [3.05, 3.63) is 28.2 Å². The predicted molar refractivity (Wildman–Crippen MR) is 83.1 cm³/mol. The van der Waals surface area contributed by atoms with Gasteiger partial charge in [-0.15, -0.1) is 0 Å².